The second kappa shape index (κ2) is 8.08. The molecule has 2 N–H and O–H groups in total. The van der Waals surface area contributed by atoms with Gasteiger partial charge in [-0.1, -0.05) is 19.1 Å². The zero-order valence-electron chi connectivity index (χ0n) is 14.5. The molecule has 1 aromatic carbocycles. The van der Waals surface area contributed by atoms with Crippen LogP contribution in [0.15, 0.2) is 36.4 Å². The van der Waals surface area contributed by atoms with Crippen LogP contribution in [0.25, 0.3) is 10.4 Å². The van der Waals surface area contributed by atoms with Crippen LogP contribution < -0.4 is 5.73 Å². The van der Waals surface area contributed by atoms with Crippen LogP contribution in [0.2, 0.25) is 0 Å². The third kappa shape index (κ3) is 4.45. The molecule has 4 nitrogen and oxygen atoms in total. The Bertz CT molecular complexity index is 725. The maximum absolute atomic E-state index is 13.4. The summed E-state index contributed by atoms with van der Waals surface area (Å²) < 4.78 is 13.4. The number of benzene rings is 1. The van der Waals surface area contributed by atoms with Gasteiger partial charge >= 0.3 is 0 Å². The Labute approximate surface area is 152 Å². The number of thiophene rings is 1. The summed E-state index contributed by atoms with van der Waals surface area (Å²) in [6.07, 6.45) is 0.761. The van der Waals surface area contributed by atoms with Gasteiger partial charge in [0, 0.05) is 42.5 Å². The Morgan fingerprint density at radius 3 is 2.64 bits per heavy atom. The fraction of sp³-hybridized carbons (Fsp3) is 0.421. The number of amides is 1. The average molecular weight is 361 g/mol. The van der Waals surface area contributed by atoms with Crippen molar-refractivity contribution in [1.29, 1.82) is 0 Å². The highest BCUT2D eigenvalue weighted by Gasteiger charge is 2.26. The molecule has 1 atom stereocenters. The van der Waals surface area contributed by atoms with Gasteiger partial charge in [0.2, 0.25) is 5.91 Å². The van der Waals surface area contributed by atoms with Crippen LogP contribution in [0.1, 0.15) is 18.2 Å². The minimum absolute atomic E-state index is 0.150. The lowest BCUT2D eigenvalue weighted by molar-refractivity contribution is -0.124. The summed E-state index contributed by atoms with van der Waals surface area (Å²) in [7, 11) is 0. The zero-order valence-corrected chi connectivity index (χ0v) is 15.3. The van der Waals surface area contributed by atoms with Crippen LogP contribution in [0.5, 0.6) is 0 Å². The summed E-state index contributed by atoms with van der Waals surface area (Å²) in [5.74, 6) is -0.433. The van der Waals surface area contributed by atoms with Crippen molar-refractivity contribution in [3.05, 3.63) is 47.1 Å². The number of primary amides is 1. The number of halogens is 1. The summed E-state index contributed by atoms with van der Waals surface area (Å²) in [5, 5.41) is 0. The third-order valence-electron chi connectivity index (χ3n) is 4.71. The fourth-order valence-corrected chi connectivity index (χ4v) is 4.40. The van der Waals surface area contributed by atoms with Crippen LogP contribution >= 0.6 is 11.3 Å². The van der Waals surface area contributed by atoms with Gasteiger partial charge in [0.05, 0.1) is 6.04 Å². The highest BCUT2D eigenvalue weighted by molar-refractivity contribution is 7.15. The van der Waals surface area contributed by atoms with Crippen LogP contribution in [0.3, 0.4) is 0 Å². The van der Waals surface area contributed by atoms with E-state index in [0.717, 1.165) is 49.6 Å². The predicted octanol–water partition coefficient (Wildman–Crippen LogP) is 2.94. The van der Waals surface area contributed by atoms with E-state index in [1.807, 2.05) is 13.0 Å². The monoisotopic (exact) mass is 361 g/mol. The molecule has 1 aliphatic heterocycles. The molecular formula is C19H24FN3OS. The Morgan fingerprint density at radius 1 is 1.24 bits per heavy atom. The molecule has 0 spiro atoms. The van der Waals surface area contributed by atoms with Crippen LogP contribution in [-0.4, -0.2) is 47.9 Å². The molecule has 2 aromatic rings. The first-order valence-electron chi connectivity index (χ1n) is 8.67. The molecule has 0 radical (unpaired) electrons. The minimum atomic E-state index is -0.228. The van der Waals surface area contributed by atoms with Gasteiger partial charge in [-0.2, -0.15) is 0 Å². The topological polar surface area (TPSA) is 49.6 Å². The van der Waals surface area contributed by atoms with Crippen molar-refractivity contribution >= 4 is 17.2 Å². The molecule has 1 fully saturated rings. The Morgan fingerprint density at radius 2 is 2.00 bits per heavy atom. The standard InChI is InChI=1S/C19H24FN3OS/c1-2-17(19(21)24)23-10-8-22(9-11-23)13-16-6-7-18(25-16)14-4-3-5-15(20)12-14/h3-7,12,17H,2,8-11,13H2,1H3,(H2,21,24). The third-order valence-corrected chi connectivity index (χ3v) is 5.83. The second-order valence-corrected chi connectivity index (χ2v) is 7.58. The molecule has 0 bridgehead atoms. The Kier molecular flexibility index (Phi) is 5.83. The van der Waals surface area contributed by atoms with E-state index in [2.05, 4.69) is 21.9 Å². The van der Waals surface area contributed by atoms with E-state index < -0.39 is 0 Å². The number of hydrogen-bond acceptors (Lipinski definition) is 4. The van der Waals surface area contributed by atoms with Gasteiger partial charge in [-0.15, -0.1) is 11.3 Å². The van der Waals surface area contributed by atoms with Gasteiger partial charge in [-0.3, -0.25) is 14.6 Å². The lowest BCUT2D eigenvalue weighted by atomic mass is 10.1. The summed E-state index contributed by atoms with van der Waals surface area (Å²) in [6, 6.07) is 10.7. The smallest absolute Gasteiger partial charge is 0.234 e. The van der Waals surface area contributed by atoms with E-state index >= 15 is 0 Å². The van der Waals surface area contributed by atoms with E-state index in [9.17, 15) is 9.18 Å². The summed E-state index contributed by atoms with van der Waals surface area (Å²) in [6.45, 7) is 6.48. The number of piperazine rings is 1. The molecule has 2 heterocycles. The molecule has 1 aromatic heterocycles. The van der Waals surface area contributed by atoms with E-state index in [4.69, 9.17) is 5.73 Å². The van der Waals surface area contributed by atoms with Crippen LogP contribution in [0.4, 0.5) is 4.39 Å². The first-order valence-corrected chi connectivity index (χ1v) is 9.49. The molecule has 1 saturated heterocycles. The second-order valence-electron chi connectivity index (χ2n) is 6.41. The fourth-order valence-electron chi connectivity index (χ4n) is 3.35. The molecule has 1 aliphatic rings. The number of rotatable bonds is 6. The predicted molar refractivity (Wildman–Crippen MR) is 99.8 cm³/mol. The van der Waals surface area contributed by atoms with Crippen molar-refractivity contribution in [1.82, 2.24) is 9.80 Å². The molecule has 134 valence electrons. The Balaban J connectivity index is 1.57. The number of hydrogen-bond donors (Lipinski definition) is 1. The van der Waals surface area contributed by atoms with Crippen LogP contribution in [0, 0.1) is 5.82 Å². The summed E-state index contributed by atoms with van der Waals surface area (Å²) in [4.78, 5) is 18.4. The van der Waals surface area contributed by atoms with Gasteiger partial charge in [0.25, 0.3) is 0 Å². The zero-order chi connectivity index (χ0) is 17.8. The van der Waals surface area contributed by atoms with Crippen LogP contribution in [-0.2, 0) is 11.3 Å². The number of nitrogens with two attached hydrogens (primary N) is 1. The van der Waals surface area contributed by atoms with Crippen molar-refractivity contribution in [2.75, 3.05) is 26.2 Å². The summed E-state index contributed by atoms with van der Waals surface area (Å²) >= 11 is 1.71. The van der Waals surface area contributed by atoms with Crippen molar-refractivity contribution in [3.8, 4) is 10.4 Å². The van der Waals surface area contributed by atoms with Crippen molar-refractivity contribution in [2.24, 2.45) is 5.73 Å². The lowest BCUT2D eigenvalue weighted by Gasteiger charge is -2.37. The van der Waals surface area contributed by atoms with Gasteiger partial charge in [0.1, 0.15) is 5.82 Å². The van der Waals surface area contributed by atoms with Gasteiger partial charge in [-0.05, 0) is 36.2 Å². The van der Waals surface area contributed by atoms with Gasteiger partial charge < -0.3 is 5.73 Å². The van der Waals surface area contributed by atoms with Gasteiger partial charge in [-0.25, -0.2) is 4.39 Å². The Hall–Kier alpha value is -1.76. The van der Waals surface area contributed by atoms with E-state index in [1.54, 1.807) is 23.5 Å². The largest absolute Gasteiger partial charge is 0.368 e. The van der Waals surface area contributed by atoms with E-state index in [0.29, 0.717) is 0 Å². The van der Waals surface area contributed by atoms with Gasteiger partial charge in [0.15, 0.2) is 0 Å². The van der Waals surface area contributed by atoms with E-state index in [-0.39, 0.29) is 17.8 Å². The molecule has 0 aliphatic carbocycles. The minimum Gasteiger partial charge on any atom is -0.368 e. The lowest BCUT2D eigenvalue weighted by Crippen LogP contribution is -2.53. The average Bonchev–Trinajstić information content (AvgIpc) is 3.05. The molecule has 25 heavy (non-hydrogen) atoms. The molecular weight excluding hydrogens is 337 g/mol. The number of nitrogens with zero attached hydrogens (tertiary/aromatic N) is 2. The quantitative estimate of drug-likeness (QED) is 0.861. The summed E-state index contributed by atoms with van der Waals surface area (Å²) in [5.41, 5.74) is 6.41. The molecule has 3 rings (SSSR count). The highest BCUT2D eigenvalue weighted by atomic mass is 32.1. The van der Waals surface area contributed by atoms with Crippen molar-refractivity contribution in [2.45, 2.75) is 25.9 Å². The number of carbonyl (C=O) groups is 1. The first-order chi connectivity index (χ1) is 12.1. The SMILES string of the molecule is CCC(C(N)=O)N1CCN(Cc2ccc(-c3cccc(F)c3)s2)CC1. The molecule has 0 saturated carbocycles. The van der Waals surface area contributed by atoms with E-state index in [1.165, 1.54) is 10.9 Å². The van der Waals surface area contributed by atoms with Crippen molar-refractivity contribution < 1.29 is 9.18 Å². The van der Waals surface area contributed by atoms with Crippen molar-refractivity contribution in [3.63, 3.8) is 0 Å². The maximum atomic E-state index is 13.4. The molecule has 1 amide bonds. The molecule has 1 unspecified atom stereocenters. The first kappa shape index (κ1) is 18.0. The normalized spacial score (nSPS) is 17.5. The molecule has 6 heteroatoms. The maximum Gasteiger partial charge on any atom is 0.234 e. The number of carbonyl (C=O) groups excluding carboxylic acids is 1. The highest BCUT2D eigenvalue weighted by Crippen LogP contribution is 2.29.